The van der Waals surface area contributed by atoms with Crippen molar-refractivity contribution in [3.63, 3.8) is 0 Å². The largest absolute Gasteiger partial charge is 0.314 e. The van der Waals surface area contributed by atoms with Crippen LogP contribution >= 0.6 is 0 Å². The fourth-order valence-corrected chi connectivity index (χ4v) is 11.7. The van der Waals surface area contributed by atoms with E-state index in [1.165, 1.54) is 111 Å². The van der Waals surface area contributed by atoms with Gasteiger partial charge in [0.05, 0.1) is 5.69 Å². The molecule has 0 amide bonds. The van der Waals surface area contributed by atoms with Gasteiger partial charge in [-0.2, -0.15) is 0 Å². The SMILES string of the molecule is C1=Cc2ccc3c(c2CC1)CC(c1ccc(N(C2=CC=C(c4ccc5ccc6ccccc6c5c4)CC2)c2cccc4c2-c2ccccc2C4c2ccccc2-c2ccccc2)cc1)C=C3. The van der Waals surface area contributed by atoms with Gasteiger partial charge in [-0.05, 0) is 156 Å². The maximum absolute atomic E-state index is 2.58. The topological polar surface area (TPSA) is 3.24 Å². The van der Waals surface area contributed by atoms with Crippen LogP contribution in [0.4, 0.5) is 11.4 Å². The fourth-order valence-electron chi connectivity index (χ4n) is 11.7. The Balaban J connectivity index is 0.933. The van der Waals surface area contributed by atoms with Gasteiger partial charge in [-0.1, -0.05) is 194 Å². The maximum atomic E-state index is 2.58. The van der Waals surface area contributed by atoms with E-state index in [0.717, 1.165) is 32.1 Å². The van der Waals surface area contributed by atoms with Crippen molar-refractivity contribution in [1.29, 1.82) is 0 Å². The molecule has 0 bridgehead atoms. The van der Waals surface area contributed by atoms with Crippen LogP contribution in [-0.2, 0) is 12.8 Å². The molecule has 13 rings (SSSR count). The molecule has 0 heterocycles. The van der Waals surface area contributed by atoms with Crippen molar-refractivity contribution >= 4 is 50.6 Å². The van der Waals surface area contributed by atoms with Crippen LogP contribution in [0.2, 0.25) is 0 Å². The second-order valence-electron chi connectivity index (χ2n) is 18.5. The van der Waals surface area contributed by atoms with Crippen LogP contribution in [0.15, 0.2) is 218 Å². The normalized spacial score (nSPS) is 16.8. The van der Waals surface area contributed by atoms with E-state index in [9.17, 15) is 0 Å². The molecule has 0 aliphatic heterocycles. The highest BCUT2D eigenvalue weighted by atomic mass is 15.2. The molecule has 0 fully saturated rings. The first-order valence-corrected chi connectivity index (χ1v) is 23.8. The van der Waals surface area contributed by atoms with Gasteiger partial charge in [-0.15, -0.1) is 0 Å². The zero-order valence-electron chi connectivity index (χ0n) is 37.0. The van der Waals surface area contributed by atoms with Crippen molar-refractivity contribution in [3.05, 3.63) is 268 Å². The van der Waals surface area contributed by atoms with Crippen molar-refractivity contribution in [2.75, 3.05) is 4.90 Å². The van der Waals surface area contributed by atoms with E-state index in [4.69, 9.17) is 0 Å². The van der Waals surface area contributed by atoms with Crippen LogP contribution in [-0.4, -0.2) is 0 Å². The summed E-state index contributed by atoms with van der Waals surface area (Å²) in [5, 5.41) is 5.20. The van der Waals surface area contributed by atoms with Gasteiger partial charge in [0.2, 0.25) is 0 Å². The molecule has 0 radical (unpaired) electrons. The Hall–Kier alpha value is -7.74. The van der Waals surface area contributed by atoms with Crippen LogP contribution in [0.3, 0.4) is 0 Å². The molecule has 66 heavy (non-hydrogen) atoms. The highest BCUT2D eigenvalue weighted by Gasteiger charge is 2.35. The van der Waals surface area contributed by atoms with E-state index in [0.29, 0.717) is 5.92 Å². The van der Waals surface area contributed by atoms with Crippen LogP contribution in [0, 0.1) is 0 Å². The van der Waals surface area contributed by atoms with E-state index in [1.807, 2.05) is 0 Å². The third-order valence-corrected chi connectivity index (χ3v) is 14.9. The lowest BCUT2D eigenvalue weighted by molar-refractivity contribution is 0.805. The summed E-state index contributed by atoms with van der Waals surface area (Å²) < 4.78 is 0. The summed E-state index contributed by atoms with van der Waals surface area (Å²) in [5.74, 6) is 0.448. The van der Waals surface area contributed by atoms with Crippen LogP contribution < -0.4 is 4.90 Å². The second-order valence-corrected chi connectivity index (χ2v) is 18.5. The third-order valence-electron chi connectivity index (χ3n) is 14.9. The van der Waals surface area contributed by atoms with Crippen molar-refractivity contribution in [2.24, 2.45) is 0 Å². The number of benzene rings is 9. The Morgan fingerprint density at radius 2 is 1.18 bits per heavy atom. The average molecular weight is 844 g/mol. The molecule has 1 nitrogen and oxygen atoms in total. The van der Waals surface area contributed by atoms with Crippen LogP contribution in [0.25, 0.3) is 61.5 Å². The molecular formula is C65H49N. The first-order valence-electron chi connectivity index (χ1n) is 23.8. The summed E-state index contributed by atoms with van der Waals surface area (Å²) in [6, 6.07) is 70.6. The first kappa shape index (κ1) is 38.7. The fraction of sp³-hybridized carbons (Fsp3) is 0.108. The van der Waals surface area contributed by atoms with Gasteiger partial charge in [0, 0.05) is 28.8 Å². The summed E-state index contributed by atoms with van der Waals surface area (Å²) >= 11 is 0. The Labute approximate surface area is 388 Å². The predicted molar refractivity (Wildman–Crippen MR) is 279 cm³/mol. The monoisotopic (exact) mass is 843 g/mol. The third kappa shape index (κ3) is 6.53. The molecule has 0 spiro atoms. The number of hydrogen-bond donors (Lipinski definition) is 0. The van der Waals surface area contributed by atoms with E-state index in [-0.39, 0.29) is 5.92 Å². The molecule has 2 atom stereocenters. The molecule has 0 saturated carbocycles. The number of anilines is 2. The Bertz CT molecular complexity index is 3510. The molecule has 4 aliphatic carbocycles. The van der Waals surface area contributed by atoms with Gasteiger partial charge >= 0.3 is 0 Å². The van der Waals surface area contributed by atoms with Crippen molar-refractivity contribution in [2.45, 2.75) is 43.9 Å². The van der Waals surface area contributed by atoms with Crippen molar-refractivity contribution < 1.29 is 0 Å². The minimum absolute atomic E-state index is 0.106. The molecule has 9 aromatic carbocycles. The van der Waals surface area contributed by atoms with E-state index >= 15 is 0 Å². The molecule has 1 heteroatoms. The smallest absolute Gasteiger partial charge is 0.0540 e. The number of allylic oxidation sites excluding steroid dienone is 6. The lowest BCUT2D eigenvalue weighted by Gasteiger charge is -2.32. The van der Waals surface area contributed by atoms with Crippen LogP contribution in [0.1, 0.15) is 81.2 Å². The number of fused-ring (bicyclic) bond motifs is 9. The quantitative estimate of drug-likeness (QED) is 0.145. The zero-order valence-corrected chi connectivity index (χ0v) is 37.0. The lowest BCUT2D eigenvalue weighted by Crippen LogP contribution is -2.19. The Morgan fingerprint density at radius 3 is 2.02 bits per heavy atom. The van der Waals surface area contributed by atoms with Crippen molar-refractivity contribution in [3.8, 4) is 22.3 Å². The molecular weight excluding hydrogens is 795 g/mol. The lowest BCUT2D eigenvalue weighted by atomic mass is 9.79. The summed E-state index contributed by atoms with van der Waals surface area (Å²) in [6.07, 6.45) is 19.4. The van der Waals surface area contributed by atoms with Gasteiger partial charge in [-0.3, -0.25) is 0 Å². The second kappa shape index (κ2) is 16.1. The average Bonchev–Trinajstić information content (AvgIpc) is 3.74. The molecule has 0 aromatic heterocycles. The molecule has 4 aliphatic rings. The van der Waals surface area contributed by atoms with E-state index in [2.05, 4.69) is 229 Å². The highest BCUT2D eigenvalue weighted by Crippen LogP contribution is 2.55. The molecule has 9 aromatic rings. The molecule has 2 unspecified atom stereocenters. The predicted octanol–water partition coefficient (Wildman–Crippen LogP) is 17.0. The summed E-state index contributed by atoms with van der Waals surface area (Å²) in [7, 11) is 0. The Morgan fingerprint density at radius 1 is 0.470 bits per heavy atom. The van der Waals surface area contributed by atoms with Gasteiger partial charge in [0.25, 0.3) is 0 Å². The number of rotatable bonds is 7. The maximum Gasteiger partial charge on any atom is 0.0540 e. The van der Waals surface area contributed by atoms with Crippen molar-refractivity contribution in [1.82, 2.24) is 0 Å². The van der Waals surface area contributed by atoms with Gasteiger partial charge in [-0.25, -0.2) is 0 Å². The molecule has 0 N–H and O–H groups in total. The molecule has 314 valence electrons. The van der Waals surface area contributed by atoms with Gasteiger partial charge < -0.3 is 4.90 Å². The van der Waals surface area contributed by atoms with Gasteiger partial charge in [0.1, 0.15) is 0 Å². The standard InChI is InChI=1S/C65H49N/c1-2-13-45(14-3-1)54-17-8-9-20-57(54)64-58-21-10-11-22-59(58)65-60(64)23-12-24-63(65)66(52-37-33-43(34-38-52)50-31-29-48-27-25-46-15-4-6-18-55(46)61(48)41-50)53-39-35-44(36-40-53)51-32-30-49-28-26-47-16-5-7-19-56(47)62(49)42-51/h1-6,8-18,20-33,35-37,39-41,51,64H,7,19,34,38,42H2. The summed E-state index contributed by atoms with van der Waals surface area (Å²) in [4.78, 5) is 2.58. The first-order chi connectivity index (χ1) is 32.7. The Kier molecular flexibility index (Phi) is 9.41. The summed E-state index contributed by atoms with van der Waals surface area (Å²) in [5.41, 5.74) is 22.9. The zero-order chi connectivity index (χ0) is 43.6. The minimum atomic E-state index is 0.106. The molecule has 0 saturated heterocycles. The van der Waals surface area contributed by atoms with Crippen LogP contribution in [0.5, 0.6) is 0 Å². The summed E-state index contributed by atoms with van der Waals surface area (Å²) in [6.45, 7) is 0. The number of nitrogens with zero attached hydrogens (tertiary/aromatic N) is 1. The minimum Gasteiger partial charge on any atom is -0.314 e. The number of hydrogen-bond acceptors (Lipinski definition) is 1. The highest BCUT2D eigenvalue weighted by molar-refractivity contribution is 6.08. The van der Waals surface area contributed by atoms with E-state index < -0.39 is 0 Å². The van der Waals surface area contributed by atoms with Gasteiger partial charge in [0.15, 0.2) is 0 Å². The van der Waals surface area contributed by atoms with E-state index in [1.54, 1.807) is 5.56 Å².